The van der Waals surface area contributed by atoms with Gasteiger partial charge in [0.25, 0.3) is 5.91 Å². The Labute approximate surface area is 153 Å². The second-order valence-corrected chi connectivity index (χ2v) is 7.51. The first-order valence-corrected chi connectivity index (χ1v) is 8.81. The van der Waals surface area contributed by atoms with Crippen LogP contribution in [0.15, 0.2) is 33.1 Å². The van der Waals surface area contributed by atoms with Gasteiger partial charge in [0, 0.05) is 11.8 Å². The van der Waals surface area contributed by atoms with E-state index in [1.807, 2.05) is 34.6 Å². The van der Waals surface area contributed by atoms with Crippen LogP contribution in [0.4, 0.5) is 0 Å². The molecule has 1 unspecified atom stereocenters. The Balaban J connectivity index is 1.92. The fourth-order valence-electron chi connectivity index (χ4n) is 2.58. The van der Waals surface area contributed by atoms with E-state index >= 15 is 0 Å². The summed E-state index contributed by atoms with van der Waals surface area (Å²) >= 11 is 0. The fraction of sp³-hybridized carbons (Fsp3) is 0.500. The Morgan fingerprint density at radius 3 is 2.15 bits per heavy atom. The van der Waals surface area contributed by atoms with Gasteiger partial charge in [0.05, 0.1) is 0 Å². The number of hydrogen-bond donors (Lipinski definition) is 1. The van der Waals surface area contributed by atoms with Crippen molar-refractivity contribution in [3.05, 3.63) is 47.3 Å². The van der Waals surface area contributed by atoms with Crippen LogP contribution in [0.1, 0.15) is 91.9 Å². The van der Waals surface area contributed by atoms with E-state index in [0.29, 0.717) is 12.2 Å². The summed E-state index contributed by atoms with van der Waals surface area (Å²) in [7, 11) is 0. The number of hydrogen-bond acceptors (Lipinski definition) is 5. The quantitative estimate of drug-likeness (QED) is 0.692. The van der Waals surface area contributed by atoms with Crippen LogP contribution in [-0.2, 0) is 4.74 Å². The molecular formula is C20H27NO5. The fourth-order valence-corrected chi connectivity index (χ4v) is 2.58. The minimum absolute atomic E-state index is 0.0669. The van der Waals surface area contributed by atoms with Gasteiger partial charge in [0.15, 0.2) is 5.76 Å². The molecule has 26 heavy (non-hydrogen) atoms. The molecule has 6 nitrogen and oxygen atoms in total. The molecule has 142 valence electrons. The third-order valence-electron chi connectivity index (χ3n) is 4.30. The largest absolute Gasteiger partial charge is 0.456 e. The summed E-state index contributed by atoms with van der Waals surface area (Å²) in [4.78, 5) is 23.4. The van der Waals surface area contributed by atoms with Crippen molar-refractivity contribution in [1.82, 2.24) is 0 Å². The van der Waals surface area contributed by atoms with Crippen LogP contribution < -0.4 is 5.73 Å². The molecule has 6 heteroatoms. The van der Waals surface area contributed by atoms with Crippen molar-refractivity contribution in [2.75, 3.05) is 0 Å². The summed E-state index contributed by atoms with van der Waals surface area (Å²) in [6, 6.07) is 6.76. The minimum atomic E-state index is -0.658. The van der Waals surface area contributed by atoms with E-state index in [1.165, 1.54) is 0 Å². The highest BCUT2D eigenvalue weighted by atomic mass is 16.6. The molecule has 2 N–H and O–H groups in total. The van der Waals surface area contributed by atoms with Crippen molar-refractivity contribution < 1.29 is 23.2 Å². The molecule has 0 bridgehead atoms. The van der Waals surface area contributed by atoms with Crippen LogP contribution in [-0.4, -0.2) is 17.5 Å². The predicted molar refractivity (Wildman–Crippen MR) is 97.2 cm³/mol. The van der Waals surface area contributed by atoms with Crippen molar-refractivity contribution in [2.45, 2.75) is 64.9 Å². The minimum Gasteiger partial charge on any atom is -0.456 e. The van der Waals surface area contributed by atoms with E-state index in [-0.39, 0.29) is 23.4 Å². The van der Waals surface area contributed by atoms with Gasteiger partial charge in [-0.2, -0.15) is 0 Å². The van der Waals surface area contributed by atoms with E-state index in [9.17, 15) is 9.59 Å². The van der Waals surface area contributed by atoms with Gasteiger partial charge in [0.1, 0.15) is 17.1 Å². The Kier molecular flexibility index (Phi) is 5.95. The number of furan rings is 2. The van der Waals surface area contributed by atoms with Crippen molar-refractivity contribution in [1.29, 1.82) is 0 Å². The summed E-state index contributed by atoms with van der Waals surface area (Å²) in [5.41, 5.74) is 4.54. The van der Waals surface area contributed by atoms with Crippen molar-refractivity contribution in [3.8, 4) is 0 Å². The van der Waals surface area contributed by atoms with Gasteiger partial charge < -0.3 is 19.3 Å². The SMILES string of the molecule is CC(C)c1ccc(C(=O)OC(C)(C)CCC(C)c2ccc(C(N)=O)o2)o1. The van der Waals surface area contributed by atoms with E-state index in [2.05, 4.69) is 0 Å². The zero-order chi connectivity index (χ0) is 19.5. The molecule has 0 spiro atoms. The Morgan fingerprint density at radius 1 is 1.04 bits per heavy atom. The number of ether oxygens (including phenoxy) is 1. The highest BCUT2D eigenvalue weighted by molar-refractivity contribution is 5.89. The molecule has 1 amide bonds. The molecule has 0 fully saturated rings. The van der Waals surface area contributed by atoms with Crippen LogP contribution in [0.2, 0.25) is 0 Å². The standard InChI is InChI=1S/C20H27NO5/c1-12(2)14-6-9-17(24-14)19(23)26-20(4,5)11-10-13(3)15-7-8-16(25-15)18(21)22/h6-9,12-13H,10-11H2,1-5H3,(H2,21,22). The van der Waals surface area contributed by atoms with Crippen molar-refractivity contribution in [3.63, 3.8) is 0 Å². The van der Waals surface area contributed by atoms with Crippen LogP contribution in [0.5, 0.6) is 0 Å². The predicted octanol–water partition coefficient (Wildman–Crippen LogP) is 4.61. The molecule has 2 aromatic heterocycles. The maximum Gasteiger partial charge on any atom is 0.374 e. The molecule has 0 saturated heterocycles. The van der Waals surface area contributed by atoms with Gasteiger partial charge >= 0.3 is 5.97 Å². The highest BCUT2D eigenvalue weighted by Gasteiger charge is 2.27. The average Bonchev–Trinajstić information content (AvgIpc) is 3.21. The number of esters is 1. The molecule has 0 aliphatic heterocycles. The Morgan fingerprint density at radius 2 is 1.62 bits per heavy atom. The van der Waals surface area contributed by atoms with E-state index in [1.54, 1.807) is 24.3 Å². The lowest BCUT2D eigenvalue weighted by atomic mass is 9.94. The Hall–Kier alpha value is -2.50. The number of nitrogens with two attached hydrogens (primary N) is 1. The van der Waals surface area contributed by atoms with Gasteiger partial charge in [-0.25, -0.2) is 4.79 Å². The molecule has 0 aromatic carbocycles. The number of amides is 1. The second kappa shape index (κ2) is 7.81. The maximum absolute atomic E-state index is 12.3. The van der Waals surface area contributed by atoms with Crippen molar-refractivity contribution in [2.24, 2.45) is 5.73 Å². The van der Waals surface area contributed by atoms with Gasteiger partial charge in [-0.05, 0) is 51.0 Å². The topological polar surface area (TPSA) is 95.7 Å². The first-order chi connectivity index (χ1) is 12.1. The summed E-state index contributed by atoms with van der Waals surface area (Å²) < 4.78 is 16.6. The number of carbonyl (C=O) groups excluding carboxylic acids is 2. The summed E-state index contributed by atoms with van der Waals surface area (Å²) in [5.74, 6) is 1.03. The summed E-state index contributed by atoms with van der Waals surface area (Å²) in [6.45, 7) is 9.71. The van der Waals surface area contributed by atoms with E-state index < -0.39 is 17.5 Å². The van der Waals surface area contributed by atoms with E-state index in [0.717, 1.165) is 12.2 Å². The average molecular weight is 361 g/mol. The number of carbonyl (C=O) groups is 2. The highest BCUT2D eigenvalue weighted by Crippen LogP contribution is 2.28. The normalized spacial score (nSPS) is 13.0. The second-order valence-electron chi connectivity index (χ2n) is 7.51. The van der Waals surface area contributed by atoms with Crippen LogP contribution in [0.3, 0.4) is 0 Å². The Bertz CT molecular complexity index is 769. The molecule has 2 aromatic rings. The van der Waals surface area contributed by atoms with Gasteiger partial charge in [-0.15, -0.1) is 0 Å². The molecule has 0 saturated carbocycles. The molecular weight excluding hydrogens is 334 g/mol. The third kappa shape index (κ3) is 5.00. The summed E-state index contributed by atoms with van der Waals surface area (Å²) in [6.07, 6.45) is 1.35. The lowest BCUT2D eigenvalue weighted by molar-refractivity contribution is -0.00929. The molecule has 0 radical (unpaired) electrons. The first-order valence-electron chi connectivity index (χ1n) is 8.81. The summed E-state index contributed by atoms with van der Waals surface area (Å²) in [5, 5.41) is 0. The number of rotatable bonds is 8. The van der Waals surface area contributed by atoms with Crippen LogP contribution >= 0.6 is 0 Å². The van der Waals surface area contributed by atoms with Gasteiger partial charge in [-0.1, -0.05) is 20.8 Å². The van der Waals surface area contributed by atoms with Gasteiger partial charge in [-0.3, -0.25) is 4.79 Å². The number of primary amides is 1. The molecule has 2 rings (SSSR count). The molecule has 2 heterocycles. The zero-order valence-corrected chi connectivity index (χ0v) is 16.0. The zero-order valence-electron chi connectivity index (χ0n) is 16.0. The van der Waals surface area contributed by atoms with Crippen molar-refractivity contribution >= 4 is 11.9 Å². The molecule has 1 atom stereocenters. The molecule has 0 aliphatic rings. The monoisotopic (exact) mass is 361 g/mol. The van der Waals surface area contributed by atoms with Gasteiger partial charge in [0.2, 0.25) is 5.76 Å². The molecule has 0 aliphatic carbocycles. The maximum atomic E-state index is 12.3. The third-order valence-corrected chi connectivity index (χ3v) is 4.30. The smallest absolute Gasteiger partial charge is 0.374 e. The van der Waals surface area contributed by atoms with Crippen LogP contribution in [0.25, 0.3) is 0 Å². The lowest BCUT2D eigenvalue weighted by Gasteiger charge is -2.25. The van der Waals surface area contributed by atoms with Crippen LogP contribution in [0, 0.1) is 0 Å². The lowest BCUT2D eigenvalue weighted by Crippen LogP contribution is -2.28. The first kappa shape index (κ1) is 19.8. The van der Waals surface area contributed by atoms with E-state index in [4.69, 9.17) is 19.3 Å².